The average molecular weight is 377 g/mol. The zero-order chi connectivity index (χ0) is 18.0. The lowest BCUT2D eigenvalue weighted by Gasteiger charge is -2.42. The molecule has 3 aliphatic heterocycles. The second-order valence-corrected chi connectivity index (χ2v) is 7.73. The normalized spacial score (nSPS) is 40.8. The molecule has 10 heteroatoms. The fraction of sp³-hybridized carbons (Fsp3) is 0.867. The van der Waals surface area contributed by atoms with E-state index in [4.69, 9.17) is 11.6 Å². The minimum atomic E-state index is -0.152. The molecule has 0 radical (unpaired) electrons. The van der Waals surface area contributed by atoms with E-state index in [1.165, 1.54) is 0 Å². The first-order chi connectivity index (χ1) is 11.9. The highest BCUT2D eigenvalue weighted by Gasteiger charge is 2.33. The van der Waals surface area contributed by atoms with Gasteiger partial charge in [-0.3, -0.25) is 32.0 Å². The van der Waals surface area contributed by atoms with Crippen molar-refractivity contribution in [2.45, 2.75) is 62.5 Å². The molecule has 0 aromatic carbocycles. The van der Waals surface area contributed by atoms with Crippen molar-refractivity contribution in [3.8, 4) is 0 Å². The number of rotatable bonds is 5. The Morgan fingerprint density at radius 1 is 1.36 bits per heavy atom. The number of nitrogens with zero attached hydrogens (tertiary/aromatic N) is 1. The molecule has 6 unspecified atom stereocenters. The summed E-state index contributed by atoms with van der Waals surface area (Å²) in [6.07, 6.45) is 2.64. The SMILES string of the molecule is CC1CC(NC2NC(N[C@@H](C)C3NCC(F)=CN3C)NCC2Cl)NN1. The molecular weight excluding hydrogens is 347 g/mol. The third-order valence-corrected chi connectivity index (χ3v) is 5.27. The van der Waals surface area contributed by atoms with Crippen LogP contribution in [-0.4, -0.2) is 67.3 Å². The molecule has 7 N–H and O–H groups in total. The van der Waals surface area contributed by atoms with Gasteiger partial charge >= 0.3 is 0 Å². The Bertz CT molecular complexity index is 480. The van der Waals surface area contributed by atoms with E-state index < -0.39 is 0 Å². The van der Waals surface area contributed by atoms with E-state index in [9.17, 15) is 4.39 Å². The second kappa shape index (κ2) is 8.45. The van der Waals surface area contributed by atoms with Gasteiger partial charge in [-0.05, 0) is 20.3 Å². The molecule has 0 aromatic rings. The van der Waals surface area contributed by atoms with Crippen LogP contribution in [0, 0.1) is 0 Å². The van der Waals surface area contributed by atoms with E-state index in [1.54, 1.807) is 6.20 Å². The van der Waals surface area contributed by atoms with Crippen LogP contribution in [0.15, 0.2) is 12.0 Å². The number of alkyl halides is 1. The molecule has 2 fully saturated rings. The lowest BCUT2D eigenvalue weighted by atomic mass is 10.2. The minimum Gasteiger partial charge on any atom is -0.361 e. The second-order valence-electron chi connectivity index (χ2n) is 7.17. The summed E-state index contributed by atoms with van der Waals surface area (Å²) in [6, 6.07) is 0.529. The van der Waals surface area contributed by atoms with Gasteiger partial charge in [-0.2, -0.15) is 0 Å². The molecule has 0 aromatic heterocycles. The maximum Gasteiger partial charge on any atom is 0.130 e. The first-order valence-corrected chi connectivity index (χ1v) is 9.34. The summed E-state index contributed by atoms with van der Waals surface area (Å²) in [5.41, 5.74) is 6.44. The summed E-state index contributed by atoms with van der Waals surface area (Å²) in [6.45, 7) is 5.17. The van der Waals surface area contributed by atoms with E-state index >= 15 is 0 Å². The van der Waals surface area contributed by atoms with Crippen LogP contribution in [0.2, 0.25) is 0 Å². The zero-order valence-corrected chi connectivity index (χ0v) is 15.7. The van der Waals surface area contributed by atoms with Gasteiger partial charge < -0.3 is 4.90 Å². The highest BCUT2D eigenvalue weighted by Crippen LogP contribution is 2.12. The summed E-state index contributed by atoms with van der Waals surface area (Å²) >= 11 is 6.45. The van der Waals surface area contributed by atoms with Gasteiger partial charge in [-0.15, -0.1) is 11.6 Å². The maximum atomic E-state index is 13.3. The molecule has 3 rings (SSSR count). The predicted molar refractivity (Wildman–Crippen MR) is 97.0 cm³/mol. The van der Waals surface area contributed by atoms with Crippen molar-refractivity contribution in [3.05, 3.63) is 12.0 Å². The smallest absolute Gasteiger partial charge is 0.130 e. The molecule has 3 aliphatic rings. The van der Waals surface area contributed by atoms with Gasteiger partial charge in [0.25, 0.3) is 0 Å². The van der Waals surface area contributed by atoms with Gasteiger partial charge in [0.05, 0.1) is 30.4 Å². The quantitative estimate of drug-likeness (QED) is 0.303. The number of hydrogen-bond acceptors (Lipinski definition) is 8. The molecule has 8 nitrogen and oxygen atoms in total. The fourth-order valence-corrected chi connectivity index (χ4v) is 3.80. The molecule has 0 amide bonds. The highest BCUT2D eigenvalue weighted by molar-refractivity contribution is 6.21. The monoisotopic (exact) mass is 376 g/mol. The van der Waals surface area contributed by atoms with E-state index in [2.05, 4.69) is 51.3 Å². The minimum absolute atomic E-state index is 0.0183. The van der Waals surface area contributed by atoms with Crippen LogP contribution in [0.1, 0.15) is 20.3 Å². The molecule has 7 atom stereocenters. The summed E-state index contributed by atoms with van der Waals surface area (Å²) in [7, 11) is 1.87. The molecule has 0 aliphatic carbocycles. The van der Waals surface area contributed by atoms with E-state index in [1.807, 2.05) is 11.9 Å². The van der Waals surface area contributed by atoms with Crippen molar-refractivity contribution in [2.75, 3.05) is 20.1 Å². The zero-order valence-electron chi connectivity index (χ0n) is 14.9. The van der Waals surface area contributed by atoms with Crippen LogP contribution in [0.4, 0.5) is 4.39 Å². The van der Waals surface area contributed by atoms with E-state index in [0.717, 1.165) is 6.42 Å². The third-order valence-electron chi connectivity index (χ3n) is 4.86. The number of likely N-dealkylation sites (N-methyl/N-ethyl adjacent to an activating group) is 1. The molecule has 144 valence electrons. The van der Waals surface area contributed by atoms with Gasteiger partial charge in [0.2, 0.25) is 0 Å². The predicted octanol–water partition coefficient (Wildman–Crippen LogP) is -1.15. The molecule has 3 heterocycles. The molecule has 2 saturated heterocycles. The molecule has 0 saturated carbocycles. The molecule has 0 bridgehead atoms. The molecule has 25 heavy (non-hydrogen) atoms. The average Bonchev–Trinajstić information content (AvgIpc) is 2.95. The lowest BCUT2D eigenvalue weighted by Crippen LogP contribution is -2.72. The van der Waals surface area contributed by atoms with Crippen molar-refractivity contribution in [3.63, 3.8) is 0 Å². The Hall–Kier alpha value is -0.520. The van der Waals surface area contributed by atoms with Crippen LogP contribution >= 0.6 is 11.6 Å². The van der Waals surface area contributed by atoms with E-state index in [0.29, 0.717) is 12.6 Å². The van der Waals surface area contributed by atoms with Crippen LogP contribution in [0.3, 0.4) is 0 Å². The van der Waals surface area contributed by atoms with Gasteiger partial charge in [0, 0.05) is 31.9 Å². The fourth-order valence-electron chi connectivity index (χ4n) is 3.57. The number of hydrazine groups is 1. The number of halogens is 2. The Kier molecular flexibility index (Phi) is 6.50. The summed E-state index contributed by atoms with van der Waals surface area (Å²) in [4.78, 5) is 1.86. The highest BCUT2D eigenvalue weighted by atomic mass is 35.5. The number of hydrogen-bond donors (Lipinski definition) is 7. The van der Waals surface area contributed by atoms with Gasteiger partial charge in [0.1, 0.15) is 12.1 Å². The topological polar surface area (TPSA) is 87.5 Å². The first-order valence-electron chi connectivity index (χ1n) is 8.90. The maximum absolute atomic E-state index is 13.3. The summed E-state index contributed by atoms with van der Waals surface area (Å²) in [5.74, 6) is -0.152. The van der Waals surface area contributed by atoms with Crippen LogP contribution < -0.4 is 37.4 Å². The molecule has 0 spiro atoms. The third kappa shape index (κ3) is 5.01. The lowest BCUT2D eigenvalue weighted by molar-refractivity contribution is 0.152. The Labute approximate surface area is 153 Å². The van der Waals surface area contributed by atoms with Crippen molar-refractivity contribution < 1.29 is 4.39 Å². The Morgan fingerprint density at radius 3 is 2.84 bits per heavy atom. The van der Waals surface area contributed by atoms with Gasteiger partial charge in [-0.1, -0.05) is 0 Å². The number of nitrogens with one attached hydrogen (secondary N) is 7. The van der Waals surface area contributed by atoms with Crippen molar-refractivity contribution >= 4 is 11.6 Å². The van der Waals surface area contributed by atoms with Crippen molar-refractivity contribution in [2.24, 2.45) is 0 Å². The largest absolute Gasteiger partial charge is 0.361 e. The van der Waals surface area contributed by atoms with Crippen LogP contribution in [0.25, 0.3) is 0 Å². The van der Waals surface area contributed by atoms with Gasteiger partial charge in [-0.25, -0.2) is 9.82 Å². The first kappa shape index (κ1) is 19.2. The van der Waals surface area contributed by atoms with Crippen LogP contribution in [-0.2, 0) is 0 Å². The standard InChI is InChI=1S/C15H30ClFN8/c1-8-4-12(24-23-8)21-13-11(16)6-19-15(22-13)20-9(2)14-18-5-10(17)7-25(14)3/h7-9,11-15,18-24H,4-6H2,1-3H3/t8?,9-,11?,12?,13?,14?,15?/m0/s1. The van der Waals surface area contributed by atoms with Crippen LogP contribution in [0.5, 0.6) is 0 Å². The Balaban J connectivity index is 1.50. The Morgan fingerprint density at radius 2 is 2.16 bits per heavy atom. The molecular formula is C15H30ClFN8. The van der Waals surface area contributed by atoms with Gasteiger partial charge in [0.15, 0.2) is 0 Å². The van der Waals surface area contributed by atoms with E-state index in [-0.39, 0.29) is 48.6 Å². The summed E-state index contributed by atoms with van der Waals surface area (Å²) < 4.78 is 13.3. The summed E-state index contributed by atoms with van der Waals surface area (Å²) in [5, 5.41) is 17.0. The van der Waals surface area contributed by atoms with Crippen molar-refractivity contribution in [1.29, 1.82) is 0 Å². The van der Waals surface area contributed by atoms with Crippen molar-refractivity contribution in [1.82, 2.24) is 42.3 Å².